The summed E-state index contributed by atoms with van der Waals surface area (Å²) in [7, 11) is -6.24. The maximum atomic E-state index is 11.7. The van der Waals surface area contributed by atoms with E-state index >= 15 is 0 Å². The zero-order valence-corrected chi connectivity index (χ0v) is 37.1. The van der Waals surface area contributed by atoms with Crippen LogP contribution in [-0.4, -0.2) is 153 Å². The number of hydrogen-bond donors (Lipinski definition) is 7. The lowest BCUT2D eigenvalue weighted by Gasteiger charge is -2.19. The van der Waals surface area contributed by atoms with E-state index in [9.17, 15) is 53.3 Å². The van der Waals surface area contributed by atoms with Crippen molar-refractivity contribution in [3.05, 3.63) is 76.9 Å². The number of aromatic nitrogens is 5. The highest BCUT2D eigenvalue weighted by Gasteiger charge is 2.24. The molecule has 23 nitrogen and oxygen atoms in total. The van der Waals surface area contributed by atoms with Crippen LogP contribution in [0.25, 0.3) is 11.6 Å². The van der Waals surface area contributed by atoms with E-state index in [4.69, 9.17) is 24.1 Å². The number of methoxy groups -OCH3 is 2. The molecule has 0 aliphatic carbocycles. The van der Waals surface area contributed by atoms with E-state index in [1.165, 1.54) is 48.1 Å². The number of aliphatic carboxylic acids is 3. The lowest BCUT2D eigenvalue weighted by molar-refractivity contribution is -0.139. The lowest BCUT2D eigenvalue weighted by atomic mass is 10.1. The summed E-state index contributed by atoms with van der Waals surface area (Å²) < 4.78 is 48.6. The zero-order chi connectivity index (χ0) is 47.6. The van der Waals surface area contributed by atoms with E-state index < -0.39 is 58.8 Å². The summed E-state index contributed by atoms with van der Waals surface area (Å²) in [5.74, 6) is 9.92. The second-order valence-corrected chi connectivity index (χ2v) is 17.4. The van der Waals surface area contributed by atoms with E-state index in [0.717, 1.165) is 9.80 Å². The standard InChI is InChI=1S/C40H49N7O16P2/c1-60-15-17-62-34-22-31(35(63-18-16-61-2)21-30(34)7-5-3-4-6-8-38(48)49)10-9-29-19-36(46-13-11-32(42-46)23-44(25-39(50)51)27-64(54,55)56)41-37(20-29)47-14-12-33(43-47)24-45(26-40(52)53)28-65(57,58)59/h11-14,19-22H,3-4,6,8,15-18,23-28H2,1-2H3,(H,48,49)(H,50,51)(H,52,53)(H2,54,55,56)(H2,57,58,59). The van der Waals surface area contributed by atoms with Gasteiger partial charge in [-0.15, -0.1) is 0 Å². The van der Waals surface area contributed by atoms with Crippen molar-refractivity contribution >= 4 is 33.1 Å². The minimum absolute atomic E-state index is 0.0364. The Morgan fingerprint density at radius 2 is 1.14 bits per heavy atom. The molecule has 25 heteroatoms. The smallest absolute Gasteiger partial charge is 0.339 e. The molecule has 0 unspecified atom stereocenters. The summed E-state index contributed by atoms with van der Waals surface area (Å²) in [5.41, 5.74) is 1.70. The molecule has 0 saturated carbocycles. The Morgan fingerprint density at radius 3 is 1.57 bits per heavy atom. The van der Waals surface area contributed by atoms with E-state index in [1.807, 2.05) is 0 Å². The van der Waals surface area contributed by atoms with Gasteiger partial charge < -0.3 is 53.8 Å². The molecule has 0 spiro atoms. The van der Waals surface area contributed by atoms with Crippen molar-refractivity contribution in [1.29, 1.82) is 0 Å². The SMILES string of the molecule is COCCOc1cc(C#Cc2cc(-n3ccc(CN(CC(=O)O)CP(=O)(O)O)n3)nc(-n3ccc(CN(CC(=O)O)CP(=O)(O)O)n3)c2)c(OCCOC)cc1C#CCCCCC(=O)O. The third-order valence-corrected chi connectivity index (χ3v) is 10.0. The third-order valence-electron chi connectivity index (χ3n) is 8.49. The topological polar surface area (TPSA) is 319 Å². The fourth-order valence-corrected chi connectivity index (χ4v) is 7.32. The van der Waals surface area contributed by atoms with Crippen molar-refractivity contribution in [3.8, 4) is 46.8 Å². The molecule has 4 rings (SSSR count). The minimum Gasteiger partial charge on any atom is -0.490 e. The molecule has 3 aromatic heterocycles. The van der Waals surface area contributed by atoms with Gasteiger partial charge in [0.15, 0.2) is 11.6 Å². The molecule has 0 bridgehead atoms. The third kappa shape index (κ3) is 19.0. The zero-order valence-electron chi connectivity index (χ0n) is 35.3. The van der Waals surface area contributed by atoms with Gasteiger partial charge in [-0.3, -0.25) is 33.3 Å². The fourth-order valence-electron chi connectivity index (χ4n) is 5.88. The van der Waals surface area contributed by atoms with Crippen LogP contribution in [0.4, 0.5) is 0 Å². The van der Waals surface area contributed by atoms with Crippen LogP contribution in [0, 0.1) is 23.7 Å². The van der Waals surface area contributed by atoms with Gasteiger partial charge in [0.2, 0.25) is 0 Å². The number of carboxylic acid groups (broad SMARTS) is 3. The summed E-state index contributed by atoms with van der Waals surface area (Å²) >= 11 is 0. The van der Waals surface area contributed by atoms with Crippen molar-refractivity contribution in [2.24, 2.45) is 0 Å². The minimum atomic E-state index is -4.64. The molecular weight excluding hydrogens is 896 g/mol. The first kappa shape index (κ1) is 51.7. The van der Waals surface area contributed by atoms with Gasteiger partial charge in [0.25, 0.3) is 0 Å². The Hall–Kier alpha value is -5.94. The Labute approximate surface area is 372 Å². The number of rotatable bonds is 26. The normalized spacial score (nSPS) is 11.5. The number of carboxylic acids is 3. The second kappa shape index (κ2) is 24.9. The Bertz CT molecular complexity index is 2390. The molecule has 0 fully saturated rings. The van der Waals surface area contributed by atoms with Crippen LogP contribution in [-0.2, 0) is 46.1 Å². The molecule has 3 heterocycles. The average Bonchev–Trinajstić information content (AvgIpc) is 3.87. The van der Waals surface area contributed by atoms with Crippen LogP contribution < -0.4 is 9.47 Å². The first-order valence-corrected chi connectivity index (χ1v) is 23.1. The van der Waals surface area contributed by atoms with Gasteiger partial charge in [0.1, 0.15) is 37.3 Å². The predicted octanol–water partition coefficient (Wildman–Crippen LogP) is 1.94. The first-order chi connectivity index (χ1) is 30.8. The molecule has 0 aliphatic heterocycles. The van der Waals surface area contributed by atoms with Crippen molar-refractivity contribution in [2.45, 2.75) is 38.8 Å². The molecule has 0 saturated heterocycles. The maximum absolute atomic E-state index is 11.7. The summed E-state index contributed by atoms with van der Waals surface area (Å²) in [6.07, 6.45) is 2.84. The van der Waals surface area contributed by atoms with Gasteiger partial charge in [-0.05, 0) is 37.1 Å². The molecule has 0 amide bonds. The highest BCUT2D eigenvalue weighted by Crippen LogP contribution is 2.36. The molecular formula is C40H49N7O16P2. The molecule has 4 aromatic rings. The van der Waals surface area contributed by atoms with Gasteiger partial charge in [-0.2, -0.15) is 10.2 Å². The van der Waals surface area contributed by atoms with Gasteiger partial charge in [0.05, 0.1) is 48.8 Å². The van der Waals surface area contributed by atoms with E-state index in [1.54, 1.807) is 24.3 Å². The summed E-state index contributed by atoms with van der Waals surface area (Å²) in [5, 5.41) is 36.6. The largest absolute Gasteiger partial charge is 0.490 e. The monoisotopic (exact) mass is 945 g/mol. The highest BCUT2D eigenvalue weighted by atomic mass is 31.2. The van der Waals surface area contributed by atoms with Crippen LogP contribution >= 0.6 is 15.2 Å². The molecule has 350 valence electrons. The van der Waals surface area contributed by atoms with Gasteiger partial charge >= 0.3 is 33.1 Å². The van der Waals surface area contributed by atoms with E-state index in [-0.39, 0.29) is 69.0 Å². The summed E-state index contributed by atoms with van der Waals surface area (Å²) in [6.45, 7) is -0.994. The van der Waals surface area contributed by atoms with Gasteiger partial charge in [-0.1, -0.05) is 23.7 Å². The lowest BCUT2D eigenvalue weighted by Crippen LogP contribution is -2.30. The van der Waals surface area contributed by atoms with Crippen molar-refractivity contribution in [2.75, 3.05) is 66.3 Å². The first-order valence-electron chi connectivity index (χ1n) is 19.5. The molecule has 0 radical (unpaired) electrons. The average molecular weight is 946 g/mol. The second-order valence-electron chi connectivity index (χ2n) is 14.1. The summed E-state index contributed by atoms with van der Waals surface area (Å²) in [4.78, 5) is 78.7. The Balaban J connectivity index is 1.82. The van der Waals surface area contributed by atoms with E-state index in [0.29, 0.717) is 47.5 Å². The van der Waals surface area contributed by atoms with Crippen molar-refractivity contribution in [3.63, 3.8) is 0 Å². The van der Waals surface area contributed by atoms with E-state index in [2.05, 4.69) is 38.9 Å². The number of nitrogens with zero attached hydrogens (tertiary/aromatic N) is 7. The summed E-state index contributed by atoms with van der Waals surface area (Å²) in [6, 6.07) is 9.49. The number of pyridine rings is 1. The van der Waals surface area contributed by atoms with Crippen LogP contribution in [0.15, 0.2) is 48.8 Å². The maximum Gasteiger partial charge on any atom is 0.339 e. The van der Waals surface area contributed by atoms with Gasteiger partial charge in [-0.25, -0.2) is 14.3 Å². The fraction of sp³-hybridized carbons (Fsp3) is 0.400. The van der Waals surface area contributed by atoms with Crippen LogP contribution in [0.2, 0.25) is 0 Å². The quantitative estimate of drug-likeness (QED) is 0.0269. The number of carbonyl (C=O) groups is 3. The van der Waals surface area contributed by atoms with Crippen molar-refractivity contribution in [1.82, 2.24) is 34.3 Å². The molecule has 65 heavy (non-hydrogen) atoms. The number of hydrogen-bond acceptors (Lipinski definition) is 14. The van der Waals surface area contributed by atoms with Crippen molar-refractivity contribution < 1.29 is 77.4 Å². The van der Waals surface area contributed by atoms with Crippen LogP contribution in [0.3, 0.4) is 0 Å². The number of benzene rings is 1. The Kier molecular flexibility index (Phi) is 19.8. The van der Waals surface area contributed by atoms with Crippen LogP contribution in [0.1, 0.15) is 53.8 Å². The Morgan fingerprint density at radius 1 is 0.662 bits per heavy atom. The molecule has 7 N–H and O–H groups in total. The number of unbranched alkanes of at least 4 members (excludes halogenated alkanes) is 2. The highest BCUT2D eigenvalue weighted by molar-refractivity contribution is 7.51. The van der Waals surface area contributed by atoms with Gasteiger partial charge in [0, 0.05) is 70.2 Å². The number of ether oxygens (including phenoxy) is 4. The van der Waals surface area contributed by atoms with Crippen LogP contribution in [0.5, 0.6) is 11.5 Å². The molecule has 0 aliphatic rings. The predicted molar refractivity (Wildman–Crippen MR) is 229 cm³/mol. The molecule has 1 aromatic carbocycles. The molecule has 0 atom stereocenters.